The molecule has 0 spiro atoms. The molecule has 2 aromatic carbocycles. The number of likely N-dealkylation sites (tertiary alicyclic amines) is 1. The summed E-state index contributed by atoms with van der Waals surface area (Å²) in [6, 6.07) is 12.8. The summed E-state index contributed by atoms with van der Waals surface area (Å²) in [7, 11) is 0. The van der Waals surface area contributed by atoms with Crippen molar-refractivity contribution in [1.29, 1.82) is 0 Å². The number of aromatic nitrogens is 6. The highest BCUT2D eigenvalue weighted by molar-refractivity contribution is 7.13. The van der Waals surface area contributed by atoms with Crippen molar-refractivity contribution in [1.82, 2.24) is 50.4 Å². The van der Waals surface area contributed by atoms with Crippen molar-refractivity contribution in [3.63, 3.8) is 0 Å². The number of benzene rings is 2. The average Bonchev–Trinajstić information content (AvgIpc) is 4.16. The molecule has 0 bridgehead atoms. The van der Waals surface area contributed by atoms with Gasteiger partial charge in [-0.15, -0.1) is 21.5 Å². The fourth-order valence-electron chi connectivity index (χ4n) is 8.67. The van der Waals surface area contributed by atoms with E-state index in [9.17, 15) is 28.7 Å². The normalized spacial score (nSPS) is 16.0. The molecule has 8 rings (SSSR count). The van der Waals surface area contributed by atoms with Crippen LogP contribution in [0.5, 0.6) is 5.75 Å². The molecule has 0 saturated carbocycles. The van der Waals surface area contributed by atoms with Gasteiger partial charge in [-0.05, 0) is 61.4 Å². The molecule has 5 N–H and O–H groups in total. The molecule has 2 aliphatic rings. The van der Waals surface area contributed by atoms with E-state index in [0.717, 1.165) is 44.2 Å². The van der Waals surface area contributed by atoms with Crippen LogP contribution >= 0.6 is 11.3 Å². The molecule has 356 valence electrons. The molecular formula is C49H56FN11O6S. The Labute approximate surface area is 397 Å². The van der Waals surface area contributed by atoms with E-state index in [2.05, 4.69) is 41.4 Å². The minimum atomic E-state index is -0.959. The second kappa shape index (κ2) is 20.6. The van der Waals surface area contributed by atoms with E-state index >= 15 is 0 Å². The standard InChI is InChI=1S/C49H56FN11O6S/c1-28-34(37-24-54-48(61-26-56-59-45(37)61)53-23-36-35-18-20-67-40(35)16-15-38(36)50)14-12-32(57-28)13-17-41(63)51-19-6-7-42(64)58-44(49(3,4)5)47(66)60-25-33(62)21-39(60)46(65)52-22-30-8-10-31(11-9-30)43-29(2)55-27-68-43/h8-12,14-16,24,26-27,33,39,44,62H,6-7,13,17-23,25H2,1-5H3,(H,51,63)(H,52,65)(H,53,54)(H,58,64)/t33-,39+,44-/m1/s1. The number of aryl methyl sites for hydroxylation is 3. The molecule has 4 aromatic heterocycles. The fourth-order valence-corrected chi connectivity index (χ4v) is 9.48. The van der Waals surface area contributed by atoms with Crippen molar-refractivity contribution in [3.8, 4) is 27.3 Å². The molecule has 2 aliphatic heterocycles. The van der Waals surface area contributed by atoms with Gasteiger partial charge in [0.15, 0.2) is 5.65 Å². The number of anilines is 1. The van der Waals surface area contributed by atoms with Crippen LogP contribution in [0.25, 0.3) is 27.2 Å². The molecule has 4 amide bonds. The van der Waals surface area contributed by atoms with E-state index in [4.69, 9.17) is 9.72 Å². The molecule has 1 saturated heterocycles. The summed E-state index contributed by atoms with van der Waals surface area (Å²) in [5.74, 6) is -0.534. The van der Waals surface area contributed by atoms with E-state index in [1.54, 1.807) is 34.3 Å². The van der Waals surface area contributed by atoms with Crippen LogP contribution in [-0.2, 0) is 45.1 Å². The first-order chi connectivity index (χ1) is 32.6. The molecule has 17 nitrogen and oxygen atoms in total. The Morgan fingerprint density at radius 3 is 2.51 bits per heavy atom. The molecule has 0 unspecified atom stereocenters. The van der Waals surface area contributed by atoms with Crippen LogP contribution < -0.4 is 26.0 Å². The van der Waals surface area contributed by atoms with Gasteiger partial charge in [0.05, 0.1) is 28.8 Å². The van der Waals surface area contributed by atoms with Crippen molar-refractivity contribution in [3.05, 3.63) is 106 Å². The van der Waals surface area contributed by atoms with Gasteiger partial charge >= 0.3 is 0 Å². The number of hydrogen-bond donors (Lipinski definition) is 5. The number of halogens is 1. The van der Waals surface area contributed by atoms with Crippen LogP contribution in [0, 0.1) is 25.1 Å². The van der Waals surface area contributed by atoms with Gasteiger partial charge in [0, 0.05) is 91.7 Å². The lowest BCUT2D eigenvalue weighted by Gasteiger charge is -2.35. The Hall–Kier alpha value is -6.86. The Morgan fingerprint density at radius 2 is 1.76 bits per heavy atom. The predicted molar refractivity (Wildman–Crippen MR) is 254 cm³/mol. The Morgan fingerprint density at radius 1 is 0.956 bits per heavy atom. The third-order valence-electron chi connectivity index (χ3n) is 12.4. The first-order valence-corrected chi connectivity index (χ1v) is 23.7. The predicted octanol–water partition coefficient (Wildman–Crippen LogP) is 5.25. The van der Waals surface area contributed by atoms with E-state index in [1.807, 2.05) is 76.5 Å². The molecular weight excluding hydrogens is 890 g/mol. The number of rotatable bonds is 17. The van der Waals surface area contributed by atoms with E-state index < -0.39 is 29.5 Å². The van der Waals surface area contributed by atoms with Gasteiger partial charge in [0.1, 0.15) is 30.0 Å². The van der Waals surface area contributed by atoms with Crippen molar-refractivity contribution in [2.45, 2.75) is 104 Å². The molecule has 6 heterocycles. The number of carbonyl (C=O) groups is 4. The molecule has 0 aliphatic carbocycles. The molecule has 1 fully saturated rings. The Bertz CT molecular complexity index is 2830. The second-order valence-electron chi connectivity index (χ2n) is 18.3. The SMILES string of the molecule is Cc1nc(CCC(=O)NCCCC(=O)N[C@H](C(=O)N2C[C@H](O)C[C@H]2C(=O)NCc2ccc(-c3scnc3C)cc2)C(C)(C)C)ccc1-c1cnc(NCc2c(F)ccc3c2CCO3)n2cnnc12. The third-order valence-corrected chi connectivity index (χ3v) is 13.3. The average molecular weight is 946 g/mol. The summed E-state index contributed by atoms with van der Waals surface area (Å²) in [6.45, 7) is 10.5. The van der Waals surface area contributed by atoms with Crippen LogP contribution in [0.4, 0.5) is 10.3 Å². The van der Waals surface area contributed by atoms with Crippen molar-refractivity contribution < 1.29 is 33.4 Å². The van der Waals surface area contributed by atoms with Gasteiger partial charge in [0.2, 0.25) is 29.6 Å². The topological polar surface area (TPSA) is 218 Å². The van der Waals surface area contributed by atoms with E-state index in [1.165, 1.54) is 11.0 Å². The van der Waals surface area contributed by atoms with Gasteiger partial charge < -0.3 is 36.0 Å². The maximum absolute atomic E-state index is 14.8. The maximum Gasteiger partial charge on any atom is 0.246 e. The summed E-state index contributed by atoms with van der Waals surface area (Å²) in [5.41, 5.74) is 8.88. The Balaban J connectivity index is 0.787. The monoisotopic (exact) mass is 945 g/mol. The summed E-state index contributed by atoms with van der Waals surface area (Å²) in [5, 5.41) is 30.9. The zero-order valence-corrected chi connectivity index (χ0v) is 39.6. The lowest BCUT2D eigenvalue weighted by molar-refractivity contribution is -0.144. The van der Waals surface area contributed by atoms with Crippen LogP contribution in [0.3, 0.4) is 0 Å². The summed E-state index contributed by atoms with van der Waals surface area (Å²) in [4.78, 5) is 69.7. The van der Waals surface area contributed by atoms with E-state index in [-0.39, 0.29) is 69.0 Å². The van der Waals surface area contributed by atoms with Gasteiger partial charge in [0.25, 0.3) is 0 Å². The summed E-state index contributed by atoms with van der Waals surface area (Å²) >= 11 is 1.57. The number of fused-ring (bicyclic) bond motifs is 2. The fraction of sp³-hybridized carbons (Fsp3) is 0.408. The summed E-state index contributed by atoms with van der Waals surface area (Å²) in [6.07, 6.45) is 4.05. The molecule has 6 aromatic rings. The van der Waals surface area contributed by atoms with Gasteiger partial charge in [-0.2, -0.15) is 0 Å². The minimum Gasteiger partial charge on any atom is -0.493 e. The van der Waals surface area contributed by atoms with Gasteiger partial charge in [-0.25, -0.2) is 14.4 Å². The number of aliphatic hydroxyl groups excluding tert-OH is 1. The van der Waals surface area contributed by atoms with Crippen molar-refractivity contribution in [2.24, 2.45) is 5.41 Å². The lowest BCUT2D eigenvalue weighted by Crippen LogP contribution is -2.57. The van der Waals surface area contributed by atoms with Crippen LogP contribution in [0.2, 0.25) is 0 Å². The highest BCUT2D eigenvalue weighted by atomic mass is 32.1. The molecule has 68 heavy (non-hydrogen) atoms. The number of ether oxygens (including phenoxy) is 1. The number of hydrogen-bond acceptors (Lipinski definition) is 13. The first kappa shape index (κ1) is 47.6. The smallest absolute Gasteiger partial charge is 0.246 e. The quantitative estimate of drug-likeness (QED) is 0.0742. The number of aliphatic hydroxyl groups is 1. The third kappa shape index (κ3) is 10.8. The maximum atomic E-state index is 14.8. The molecule has 19 heteroatoms. The zero-order chi connectivity index (χ0) is 48.1. The number of nitrogens with one attached hydrogen (secondary N) is 4. The number of pyridine rings is 1. The van der Waals surface area contributed by atoms with Crippen molar-refractivity contribution >= 4 is 46.6 Å². The number of β-amino-alcohol motifs (C(OH)–C–C–N with tert-alkyl or cyclic N) is 1. The van der Waals surface area contributed by atoms with Crippen LogP contribution in [0.1, 0.15) is 80.2 Å². The molecule has 3 atom stereocenters. The highest BCUT2D eigenvalue weighted by Gasteiger charge is 2.44. The minimum absolute atomic E-state index is 0.0255. The second-order valence-corrected chi connectivity index (χ2v) is 19.2. The zero-order valence-electron chi connectivity index (χ0n) is 38.8. The lowest BCUT2D eigenvalue weighted by atomic mass is 9.85. The number of nitrogens with zero attached hydrogens (tertiary/aromatic N) is 7. The largest absolute Gasteiger partial charge is 0.493 e. The van der Waals surface area contributed by atoms with E-state index in [0.29, 0.717) is 54.3 Å². The van der Waals surface area contributed by atoms with Crippen LogP contribution in [0.15, 0.2) is 66.6 Å². The van der Waals surface area contributed by atoms with Gasteiger partial charge in [-0.1, -0.05) is 51.1 Å². The number of thiazole rings is 1. The molecule has 0 radical (unpaired) electrons. The number of carbonyl (C=O) groups excluding carboxylic acids is 4. The Kier molecular flexibility index (Phi) is 14.4. The first-order valence-electron chi connectivity index (χ1n) is 22.8. The van der Waals surface area contributed by atoms with Crippen molar-refractivity contribution in [2.75, 3.05) is 25.0 Å². The summed E-state index contributed by atoms with van der Waals surface area (Å²) < 4.78 is 22.1. The number of amides is 4. The van der Waals surface area contributed by atoms with Gasteiger partial charge in [-0.3, -0.25) is 28.6 Å². The highest BCUT2D eigenvalue weighted by Crippen LogP contribution is 2.32. The van der Waals surface area contributed by atoms with Crippen LogP contribution in [-0.4, -0.2) is 101 Å².